The summed E-state index contributed by atoms with van der Waals surface area (Å²) in [6, 6.07) is 45.3. The van der Waals surface area contributed by atoms with Gasteiger partial charge in [-0.25, -0.2) is 9.55 Å². The van der Waals surface area contributed by atoms with E-state index >= 15 is 0 Å². The predicted molar refractivity (Wildman–Crippen MR) is 227 cm³/mol. The van der Waals surface area contributed by atoms with Gasteiger partial charge in [0.15, 0.2) is 0 Å². The van der Waals surface area contributed by atoms with Crippen LogP contribution in [0, 0.1) is 19.8 Å². The number of hydrogen-bond donors (Lipinski definition) is 1. The summed E-state index contributed by atoms with van der Waals surface area (Å²) in [7, 11) is 0. The average Bonchev–Trinajstić information content (AvgIpc) is 3.95. The van der Waals surface area contributed by atoms with Gasteiger partial charge in [0.25, 0.3) is 5.82 Å². The molecule has 0 saturated heterocycles. The Balaban J connectivity index is 1.20. The van der Waals surface area contributed by atoms with E-state index in [1.165, 1.54) is 78.7 Å². The van der Waals surface area contributed by atoms with Crippen molar-refractivity contribution in [2.75, 3.05) is 9.80 Å². The quantitative estimate of drug-likeness (QED) is 0.180. The summed E-state index contributed by atoms with van der Waals surface area (Å²) >= 11 is 0. The van der Waals surface area contributed by atoms with Crippen LogP contribution in [0.25, 0.3) is 28.4 Å². The Morgan fingerprint density at radius 1 is 0.709 bits per heavy atom. The van der Waals surface area contributed by atoms with Crippen LogP contribution in [0.2, 0.25) is 0 Å². The molecule has 1 N–H and O–H groups in total. The second kappa shape index (κ2) is 13.3. The first kappa shape index (κ1) is 33.4. The lowest BCUT2D eigenvalue weighted by molar-refractivity contribution is -0.702. The highest BCUT2D eigenvalue weighted by Gasteiger charge is 2.47. The topological polar surface area (TPSA) is 26.1 Å². The third-order valence-corrected chi connectivity index (χ3v) is 12.6. The summed E-state index contributed by atoms with van der Waals surface area (Å²) in [4.78, 5) is 9.00. The molecule has 10 rings (SSSR count). The maximum atomic E-state index is 5.02. The molecular formula is C51H47N4+. The van der Waals surface area contributed by atoms with Crippen LogP contribution in [-0.4, -0.2) is 11.1 Å². The molecule has 55 heavy (non-hydrogen) atoms. The summed E-state index contributed by atoms with van der Waals surface area (Å²) in [5.41, 5.74) is 17.8. The zero-order valence-electron chi connectivity index (χ0n) is 31.9. The van der Waals surface area contributed by atoms with Gasteiger partial charge in [-0.15, -0.1) is 0 Å². The van der Waals surface area contributed by atoms with Crippen LogP contribution in [0.1, 0.15) is 70.7 Å². The number of rotatable bonds is 5. The van der Waals surface area contributed by atoms with E-state index in [1.54, 1.807) is 0 Å². The molecule has 4 heteroatoms. The Hall–Kier alpha value is -6.13. The molecule has 4 aliphatic rings. The highest BCUT2D eigenvalue weighted by molar-refractivity contribution is 6.08. The summed E-state index contributed by atoms with van der Waals surface area (Å²) in [5.74, 6) is 1.85. The fourth-order valence-electron chi connectivity index (χ4n) is 9.95. The van der Waals surface area contributed by atoms with Crippen LogP contribution in [0.15, 0.2) is 164 Å². The maximum Gasteiger partial charge on any atom is 0.287 e. The first-order chi connectivity index (χ1) is 27.0. The Kier molecular flexibility index (Phi) is 8.10. The van der Waals surface area contributed by atoms with E-state index in [4.69, 9.17) is 6.58 Å². The summed E-state index contributed by atoms with van der Waals surface area (Å²) in [5, 5.41) is 0. The number of benzene rings is 5. The zero-order chi connectivity index (χ0) is 37.2. The fraction of sp³-hybridized carbons (Fsp3) is 0.196. The van der Waals surface area contributed by atoms with Crippen molar-refractivity contribution in [3.05, 3.63) is 203 Å². The molecule has 1 aliphatic carbocycles. The van der Waals surface area contributed by atoms with Crippen molar-refractivity contribution in [3.63, 3.8) is 0 Å². The summed E-state index contributed by atoms with van der Waals surface area (Å²) in [6.07, 6.45) is 14.1. The van der Waals surface area contributed by atoms with E-state index in [0.717, 1.165) is 24.8 Å². The van der Waals surface area contributed by atoms with Crippen molar-refractivity contribution in [1.82, 2.24) is 4.98 Å². The van der Waals surface area contributed by atoms with Gasteiger partial charge >= 0.3 is 0 Å². The number of hydrogen-bond acceptors (Lipinski definition) is 2. The number of para-hydroxylation sites is 2. The number of allylic oxidation sites excluding steroid dienone is 5. The van der Waals surface area contributed by atoms with Gasteiger partial charge in [0, 0.05) is 34.2 Å². The van der Waals surface area contributed by atoms with Crippen molar-refractivity contribution < 1.29 is 4.57 Å². The second-order valence-corrected chi connectivity index (χ2v) is 15.8. The Labute approximate surface area is 325 Å². The Morgan fingerprint density at radius 2 is 1.38 bits per heavy atom. The van der Waals surface area contributed by atoms with Gasteiger partial charge in [-0.05, 0) is 92.1 Å². The Bertz CT molecular complexity index is 2570. The molecule has 5 aromatic carbocycles. The van der Waals surface area contributed by atoms with Crippen LogP contribution in [0.5, 0.6) is 0 Å². The zero-order valence-corrected chi connectivity index (χ0v) is 31.9. The van der Waals surface area contributed by atoms with E-state index in [9.17, 15) is 0 Å². The minimum Gasteiger partial charge on any atom is -0.318 e. The standard InChI is InChI=1S/C51H46N4/c1-33-17-14-18-38(33)31-37-25-26-43-44-27-28-47-54(39-19-6-5-7-20-39)49(40-21-10-8-15-34(40)2)50(41-22-11-9-16-35(41)3)55(47)46-24-13-12-23-42(46)36(4)48(44)53-30-29-52-51(53)45(43)32-37/h5-26,29-30,32,38,44,47-48H,4,27-28,31H2,1-3H3/p+1. The lowest BCUT2D eigenvalue weighted by Crippen LogP contribution is -2.46. The van der Waals surface area contributed by atoms with E-state index in [-0.39, 0.29) is 18.1 Å². The van der Waals surface area contributed by atoms with E-state index < -0.39 is 0 Å². The molecule has 6 aromatic rings. The lowest BCUT2D eigenvalue weighted by atomic mass is 9.76. The van der Waals surface area contributed by atoms with Crippen LogP contribution in [0.4, 0.5) is 11.4 Å². The number of aromatic nitrogens is 2. The second-order valence-electron chi connectivity index (χ2n) is 15.8. The summed E-state index contributed by atoms with van der Waals surface area (Å²) < 4.78 is 2.48. The number of aryl methyl sites for hydroxylation is 2. The van der Waals surface area contributed by atoms with Crippen LogP contribution in [-0.2, 0) is 6.42 Å². The normalized spacial score (nSPS) is 21.2. The van der Waals surface area contributed by atoms with E-state index in [2.05, 4.69) is 192 Å². The minimum absolute atomic E-state index is 0.0172. The van der Waals surface area contributed by atoms with Crippen molar-refractivity contribution in [2.24, 2.45) is 5.92 Å². The number of fused-ring (bicyclic) bond motifs is 9. The molecule has 4 unspecified atom stereocenters. The number of aromatic amines is 1. The van der Waals surface area contributed by atoms with Gasteiger partial charge in [0.05, 0.1) is 22.6 Å². The molecule has 4 heterocycles. The van der Waals surface area contributed by atoms with Crippen molar-refractivity contribution >= 4 is 28.3 Å². The highest BCUT2D eigenvalue weighted by atomic mass is 15.4. The largest absolute Gasteiger partial charge is 0.318 e. The highest BCUT2D eigenvalue weighted by Crippen LogP contribution is 2.54. The average molecular weight is 716 g/mol. The van der Waals surface area contributed by atoms with Gasteiger partial charge < -0.3 is 9.80 Å². The minimum atomic E-state index is 0.0172. The predicted octanol–water partition coefficient (Wildman–Crippen LogP) is 11.6. The van der Waals surface area contributed by atoms with Crippen LogP contribution < -0.4 is 14.4 Å². The van der Waals surface area contributed by atoms with Crippen molar-refractivity contribution in [1.29, 1.82) is 0 Å². The number of H-pyrrole nitrogens is 1. The molecular weight excluding hydrogens is 669 g/mol. The molecule has 0 fully saturated rings. The van der Waals surface area contributed by atoms with Gasteiger partial charge in [0.1, 0.15) is 24.6 Å². The van der Waals surface area contributed by atoms with Gasteiger partial charge in [0.2, 0.25) is 0 Å². The number of nitrogens with one attached hydrogen (secondary N) is 1. The molecule has 1 aromatic heterocycles. The van der Waals surface area contributed by atoms with Gasteiger partial charge in [-0.3, -0.25) is 0 Å². The fourth-order valence-corrected chi connectivity index (χ4v) is 9.95. The van der Waals surface area contributed by atoms with Crippen molar-refractivity contribution in [2.45, 2.75) is 58.2 Å². The van der Waals surface area contributed by atoms with Crippen LogP contribution >= 0.6 is 0 Å². The number of nitrogens with zero attached hydrogens (tertiary/aromatic N) is 3. The van der Waals surface area contributed by atoms with Crippen LogP contribution in [0.3, 0.4) is 0 Å². The SMILES string of the molecule is C=C1c2ccccc2N2C(c3ccccc3C)=C(c3ccccc3C)N(c3ccccc3)C2CCC2c3ccc(CC4C=CC=C4C)cc3-c3[nH]cc[n+]3C12. The lowest BCUT2D eigenvalue weighted by Gasteiger charge is -2.36. The maximum absolute atomic E-state index is 5.02. The third-order valence-electron chi connectivity index (χ3n) is 12.6. The molecule has 0 bridgehead atoms. The molecule has 4 atom stereocenters. The summed E-state index contributed by atoms with van der Waals surface area (Å²) in [6.45, 7) is 11.8. The number of imidazole rings is 1. The first-order valence-electron chi connectivity index (χ1n) is 19.8. The molecule has 0 amide bonds. The molecule has 3 aliphatic heterocycles. The molecule has 0 saturated carbocycles. The first-order valence-corrected chi connectivity index (χ1v) is 19.8. The van der Waals surface area contributed by atoms with Gasteiger partial charge in [-0.2, -0.15) is 0 Å². The monoisotopic (exact) mass is 715 g/mol. The number of anilines is 2. The molecule has 270 valence electrons. The molecule has 0 spiro atoms. The van der Waals surface area contributed by atoms with Gasteiger partial charge in [-0.1, -0.05) is 127 Å². The molecule has 0 radical (unpaired) electrons. The van der Waals surface area contributed by atoms with Crippen molar-refractivity contribution in [3.8, 4) is 11.4 Å². The van der Waals surface area contributed by atoms with E-state index in [0.29, 0.717) is 5.92 Å². The Morgan fingerprint density at radius 3 is 2.09 bits per heavy atom. The third kappa shape index (κ3) is 5.38. The van der Waals surface area contributed by atoms with E-state index in [1.807, 2.05) is 0 Å². The smallest absolute Gasteiger partial charge is 0.287 e. The molecule has 4 nitrogen and oxygen atoms in total.